The molecule has 0 unspecified atom stereocenters. The number of nitrogens with zero attached hydrogens (tertiary/aromatic N) is 4. The van der Waals surface area contributed by atoms with Crippen LogP contribution in [0.5, 0.6) is 0 Å². The molecule has 5 N–H and O–H groups in total. The van der Waals surface area contributed by atoms with Crippen molar-refractivity contribution in [3.05, 3.63) is 53.9 Å². The van der Waals surface area contributed by atoms with Gasteiger partial charge in [0.2, 0.25) is 0 Å². The van der Waals surface area contributed by atoms with Crippen LogP contribution in [0.3, 0.4) is 0 Å². The highest BCUT2D eigenvalue weighted by atomic mass is 19.1. The van der Waals surface area contributed by atoms with Crippen LogP contribution in [-0.4, -0.2) is 49.4 Å². The number of nitrogens with one attached hydrogen (secondary N) is 3. The molecule has 39 heavy (non-hydrogen) atoms. The molecule has 3 heterocycles. The van der Waals surface area contributed by atoms with Crippen LogP contribution in [0, 0.1) is 18.7 Å². The lowest BCUT2D eigenvalue weighted by molar-refractivity contribution is 0.0492. The van der Waals surface area contributed by atoms with E-state index in [2.05, 4.69) is 31.0 Å². The van der Waals surface area contributed by atoms with Gasteiger partial charge in [0.05, 0.1) is 41.6 Å². The number of pyridine rings is 2. The van der Waals surface area contributed by atoms with Gasteiger partial charge >= 0.3 is 6.09 Å². The third-order valence-corrected chi connectivity index (χ3v) is 6.45. The fourth-order valence-corrected chi connectivity index (χ4v) is 4.38. The molecule has 0 saturated heterocycles. The lowest BCUT2D eigenvalue weighted by Crippen LogP contribution is -2.51. The molecule has 3 aromatic rings. The molecule has 208 valence electrons. The fraction of sp³-hybridized carbons (Fsp3) is 0.444. The monoisotopic (exact) mass is 538 g/mol. The number of hydrogen-bond donors (Lipinski definition) is 4. The Labute approximate surface area is 226 Å². The van der Waals surface area contributed by atoms with Crippen molar-refractivity contribution in [3.63, 3.8) is 0 Å². The highest BCUT2D eigenvalue weighted by Crippen LogP contribution is 2.34. The molecule has 0 bridgehead atoms. The molecule has 1 aliphatic rings. The number of nitrogens with two attached hydrogens (primary N) is 1. The lowest BCUT2D eigenvalue weighted by atomic mass is 9.77. The number of aryl methyl sites for hydroxylation is 1. The first-order valence-electron chi connectivity index (χ1n) is 12.9. The Kier molecular flexibility index (Phi) is 8.03. The van der Waals surface area contributed by atoms with Crippen molar-refractivity contribution in [1.29, 1.82) is 0 Å². The summed E-state index contributed by atoms with van der Waals surface area (Å²) in [5, 5.41) is 13.4. The first-order valence-corrected chi connectivity index (χ1v) is 12.9. The van der Waals surface area contributed by atoms with Crippen LogP contribution in [0.1, 0.15) is 62.9 Å². The summed E-state index contributed by atoms with van der Waals surface area (Å²) >= 11 is 0. The molecule has 2 atom stereocenters. The number of hydrogen-bond acceptors (Lipinski definition) is 8. The zero-order valence-electron chi connectivity index (χ0n) is 22.8. The second-order valence-corrected chi connectivity index (χ2v) is 10.9. The Morgan fingerprint density at radius 3 is 2.51 bits per heavy atom. The van der Waals surface area contributed by atoms with Crippen LogP contribution in [-0.2, 0) is 4.74 Å². The summed E-state index contributed by atoms with van der Waals surface area (Å²) in [6.45, 7) is 9.12. The molecule has 0 aromatic carbocycles. The van der Waals surface area contributed by atoms with Gasteiger partial charge in [-0.3, -0.25) is 9.78 Å². The van der Waals surface area contributed by atoms with E-state index in [-0.39, 0.29) is 29.2 Å². The van der Waals surface area contributed by atoms with Gasteiger partial charge in [0.25, 0.3) is 5.91 Å². The molecule has 0 aliphatic heterocycles. The smallest absolute Gasteiger partial charge is 0.407 e. The number of carbonyl (C=O) groups is 2. The van der Waals surface area contributed by atoms with Gasteiger partial charge in [-0.05, 0) is 71.1 Å². The summed E-state index contributed by atoms with van der Waals surface area (Å²) in [6, 6.07) is 2.11. The Morgan fingerprint density at radius 2 is 1.92 bits per heavy atom. The Morgan fingerprint density at radius 1 is 1.18 bits per heavy atom. The Hall–Kier alpha value is -4.22. The molecular weight excluding hydrogens is 503 g/mol. The number of carbonyl (C=O) groups excluding carboxylic acids is 2. The van der Waals surface area contributed by atoms with Crippen LogP contribution < -0.4 is 21.7 Å². The van der Waals surface area contributed by atoms with Gasteiger partial charge in [-0.1, -0.05) is 6.42 Å². The molecule has 3 aromatic heterocycles. The minimum absolute atomic E-state index is 0.0657. The minimum Gasteiger partial charge on any atom is -0.444 e. The number of amides is 2. The van der Waals surface area contributed by atoms with Gasteiger partial charge in [0.15, 0.2) is 11.6 Å². The second-order valence-electron chi connectivity index (χ2n) is 10.9. The number of rotatable bonds is 9. The van der Waals surface area contributed by atoms with Crippen LogP contribution >= 0.6 is 0 Å². The van der Waals surface area contributed by atoms with Gasteiger partial charge < -0.3 is 26.4 Å². The third kappa shape index (κ3) is 7.01. The summed E-state index contributed by atoms with van der Waals surface area (Å²) in [7, 11) is 0. The Bertz CT molecular complexity index is 1350. The molecule has 0 spiro atoms. The largest absolute Gasteiger partial charge is 0.444 e. The fourth-order valence-electron chi connectivity index (χ4n) is 4.38. The standard InChI is InChI=1S/C27H35FN8O3/c1-15-11-31-36(14-15)19-9-18(12-30-13-19)33-24-20(23(29)37)10-21(28)25(35-24)34-22(17-7-6-8-17)16(2)32-26(38)39-27(3,4)5/h9-14,16-17,22H,6-8H2,1-5H3,(H2,29,37)(H,32,38)(H2,33,34,35)/t16-,22-/m0/s1. The SMILES string of the molecule is Cc1cnn(-c2cncc(Nc3nc(N[C@H](C4CCC4)[C@H](C)NC(=O)OC(C)(C)C)c(F)cc3C(N)=O)c2)c1. The highest BCUT2D eigenvalue weighted by molar-refractivity contribution is 5.98. The van der Waals surface area contributed by atoms with E-state index < -0.39 is 29.5 Å². The van der Waals surface area contributed by atoms with E-state index in [0.717, 1.165) is 30.9 Å². The van der Waals surface area contributed by atoms with E-state index in [4.69, 9.17) is 10.5 Å². The average Bonchev–Trinajstić information content (AvgIpc) is 3.24. The molecule has 1 aliphatic carbocycles. The average molecular weight is 539 g/mol. The molecule has 0 radical (unpaired) electrons. The van der Waals surface area contributed by atoms with Gasteiger partial charge in [-0.15, -0.1) is 0 Å². The van der Waals surface area contributed by atoms with Crippen molar-refractivity contribution in [3.8, 4) is 5.69 Å². The first kappa shape index (κ1) is 27.8. The summed E-state index contributed by atoms with van der Waals surface area (Å²) in [5.41, 5.74) is 6.95. The number of anilines is 3. The van der Waals surface area contributed by atoms with Crippen molar-refractivity contribution in [2.24, 2.45) is 11.7 Å². The maximum atomic E-state index is 15.2. The zero-order chi connectivity index (χ0) is 28.3. The maximum Gasteiger partial charge on any atom is 0.407 e. The van der Waals surface area contributed by atoms with Crippen LogP contribution in [0.15, 0.2) is 36.9 Å². The normalized spacial score (nSPS) is 15.1. The van der Waals surface area contributed by atoms with E-state index in [9.17, 15) is 9.59 Å². The van der Waals surface area contributed by atoms with Crippen molar-refractivity contribution >= 4 is 29.3 Å². The molecule has 2 amide bonds. The molecule has 4 rings (SSSR count). The third-order valence-electron chi connectivity index (χ3n) is 6.45. The zero-order valence-corrected chi connectivity index (χ0v) is 22.8. The number of halogens is 1. The van der Waals surface area contributed by atoms with Crippen molar-refractivity contribution in [1.82, 2.24) is 25.1 Å². The summed E-state index contributed by atoms with van der Waals surface area (Å²) in [4.78, 5) is 33.2. The summed E-state index contributed by atoms with van der Waals surface area (Å²) in [5.74, 6) is -1.37. The van der Waals surface area contributed by atoms with Gasteiger partial charge in [-0.25, -0.2) is 18.9 Å². The second kappa shape index (κ2) is 11.3. The first-order chi connectivity index (χ1) is 18.4. The van der Waals surface area contributed by atoms with E-state index in [1.807, 2.05) is 20.0 Å². The van der Waals surface area contributed by atoms with Crippen LogP contribution in [0.25, 0.3) is 5.69 Å². The van der Waals surface area contributed by atoms with E-state index in [0.29, 0.717) is 11.4 Å². The predicted molar refractivity (Wildman–Crippen MR) is 146 cm³/mol. The number of ether oxygens (including phenoxy) is 1. The Balaban J connectivity index is 1.60. The molecule has 11 nitrogen and oxygen atoms in total. The number of aromatic nitrogens is 4. The highest BCUT2D eigenvalue weighted by Gasteiger charge is 2.34. The summed E-state index contributed by atoms with van der Waals surface area (Å²) < 4.78 is 22.3. The van der Waals surface area contributed by atoms with E-state index in [1.165, 1.54) is 0 Å². The van der Waals surface area contributed by atoms with Crippen LogP contribution in [0.4, 0.5) is 26.5 Å². The number of primary amides is 1. The minimum atomic E-state index is -0.835. The predicted octanol–water partition coefficient (Wildman–Crippen LogP) is 4.45. The maximum absolute atomic E-state index is 15.2. The number of alkyl carbamates (subject to hydrolysis) is 1. The van der Waals surface area contributed by atoms with Gasteiger partial charge in [0.1, 0.15) is 11.4 Å². The van der Waals surface area contributed by atoms with Crippen molar-refractivity contribution in [2.75, 3.05) is 10.6 Å². The molecule has 12 heteroatoms. The van der Waals surface area contributed by atoms with Gasteiger partial charge in [0, 0.05) is 12.2 Å². The summed E-state index contributed by atoms with van der Waals surface area (Å²) in [6.07, 6.45) is 9.10. The van der Waals surface area contributed by atoms with Gasteiger partial charge in [-0.2, -0.15) is 5.10 Å². The van der Waals surface area contributed by atoms with E-state index >= 15 is 4.39 Å². The molecule has 1 saturated carbocycles. The van der Waals surface area contributed by atoms with Crippen LogP contribution in [0.2, 0.25) is 0 Å². The quantitative estimate of drug-likeness (QED) is 0.312. The lowest BCUT2D eigenvalue weighted by Gasteiger charge is -2.38. The van der Waals surface area contributed by atoms with E-state index in [1.54, 1.807) is 50.1 Å². The van der Waals surface area contributed by atoms with Crippen molar-refractivity contribution < 1.29 is 18.7 Å². The molecular formula is C27H35FN8O3. The topological polar surface area (TPSA) is 149 Å². The van der Waals surface area contributed by atoms with Crippen molar-refractivity contribution in [2.45, 2.75) is 71.6 Å². The molecule has 1 fully saturated rings.